The first kappa shape index (κ1) is 25.6. The largest absolute Gasteiger partial charge is 0.508 e. The van der Waals surface area contributed by atoms with E-state index in [1.54, 1.807) is 30.3 Å². The van der Waals surface area contributed by atoms with Crippen LogP contribution in [-0.2, 0) is 9.53 Å². The van der Waals surface area contributed by atoms with Gasteiger partial charge in [0.15, 0.2) is 0 Å². The molecule has 0 spiro atoms. The molecule has 0 radical (unpaired) electrons. The van der Waals surface area contributed by atoms with Gasteiger partial charge in [-0.3, -0.25) is 0 Å². The van der Waals surface area contributed by atoms with Gasteiger partial charge in [0.05, 0.1) is 12.7 Å². The van der Waals surface area contributed by atoms with E-state index < -0.39 is 0 Å². The van der Waals surface area contributed by atoms with E-state index in [9.17, 15) is 15.0 Å². The molecule has 2 N–H and O–H groups in total. The summed E-state index contributed by atoms with van der Waals surface area (Å²) in [7, 11) is 0. The first-order valence-electron chi connectivity index (χ1n) is 12.5. The number of aromatic hydroxyl groups is 1. The van der Waals surface area contributed by atoms with E-state index in [0.29, 0.717) is 24.4 Å². The van der Waals surface area contributed by atoms with Gasteiger partial charge in [0.2, 0.25) is 0 Å². The summed E-state index contributed by atoms with van der Waals surface area (Å²) in [6, 6.07) is 6.68. The van der Waals surface area contributed by atoms with Crippen molar-refractivity contribution in [2.75, 3.05) is 6.61 Å². The van der Waals surface area contributed by atoms with Crippen LogP contribution in [0.2, 0.25) is 0 Å². The summed E-state index contributed by atoms with van der Waals surface area (Å²) in [4.78, 5) is 12.0. The highest BCUT2D eigenvalue weighted by Gasteiger charge is 2.53. The minimum atomic E-state index is -0.338. The quantitative estimate of drug-likeness (QED) is 0.266. The number of rotatable bonds is 8. The Morgan fingerprint density at radius 1 is 1.18 bits per heavy atom. The number of benzene rings is 1. The second kappa shape index (κ2) is 10.5. The average Bonchev–Trinajstić information content (AvgIpc) is 2.71. The minimum Gasteiger partial charge on any atom is -0.508 e. The molecule has 1 aromatic carbocycles. The molecular formula is C29H42O4. The lowest BCUT2D eigenvalue weighted by Gasteiger charge is -2.58. The third-order valence-electron chi connectivity index (χ3n) is 8.31. The highest BCUT2D eigenvalue weighted by molar-refractivity contribution is 5.87. The Balaban J connectivity index is 1.48. The Bertz CT molecular complexity index is 866. The highest BCUT2D eigenvalue weighted by Crippen LogP contribution is 2.60. The number of hydrogen-bond donors (Lipinski definition) is 2. The molecule has 0 unspecified atom stereocenters. The lowest BCUT2D eigenvalue weighted by atomic mass is 9.47. The molecule has 33 heavy (non-hydrogen) atoms. The first-order valence-corrected chi connectivity index (χ1v) is 12.5. The van der Waals surface area contributed by atoms with Crippen molar-refractivity contribution in [3.63, 3.8) is 0 Å². The van der Waals surface area contributed by atoms with Gasteiger partial charge < -0.3 is 14.9 Å². The van der Waals surface area contributed by atoms with Crippen molar-refractivity contribution in [3.8, 4) is 5.75 Å². The van der Waals surface area contributed by atoms with Gasteiger partial charge in [0.25, 0.3) is 0 Å². The fourth-order valence-electron chi connectivity index (χ4n) is 6.62. The molecule has 4 nitrogen and oxygen atoms in total. The molecule has 4 heteroatoms. The van der Waals surface area contributed by atoms with E-state index in [4.69, 9.17) is 4.74 Å². The van der Waals surface area contributed by atoms with E-state index in [-0.39, 0.29) is 28.7 Å². The third kappa shape index (κ3) is 6.29. The van der Waals surface area contributed by atoms with Crippen LogP contribution in [-0.4, -0.2) is 28.9 Å². The fourth-order valence-corrected chi connectivity index (χ4v) is 6.62. The molecule has 2 aliphatic carbocycles. The van der Waals surface area contributed by atoms with Crippen LogP contribution in [0.25, 0.3) is 6.08 Å². The van der Waals surface area contributed by atoms with Crippen molar-refractivity contribution in [2.24, 2.45) is 28.6 Å². The summed E-state index contributed by atoms with van der Waals surface area (Å²) in [6.45, 7) is 12.0. The van der Waals surface area contributed by atoms with Crippen molar-refractivity contribution in [3.05, 3.63) is 47.6 Å². The molecule has 0 bridgehead atoms. The molecule has 0 aromatic heterocycles. The summed E-state index contributed by atoms with van der Waals surface area (Å²) in [5, 5.41) is 20.0. The lowest BCUT2D eigenvalue weighted by Crippen LogP contribution is -2.52. The summed E-state index contributed by atoms with van der Waals surface area (Å²) in [5.74, 6) is 1.45. The molecule has 1 fully saturated rings. The van der Waals surface area contributed by atoms with Crippen molar-refractivity contribution >= 4 is 12.0 Å². The number of phenolic OH excluding ortho intramolecular Hbond substituents is 1. The normalized spacial score (nSPS) is 29.9. The van der Waals surface area contributed by atoms with Gasteiger partial charge in [-0.25, -0.2) is 4.79 Å². The number of ether oxygens (including phenoxy) is 1. The summed E-state index contributed by atoms with van der Waals surface area (Å²) in [5.41, 5.74) is 2.63. The SMILES string of the molecule is CC1=CC[C@H]2C(C)(C)C[C@H](O)C[C@]2(C)[C@H]1CC[C@H](C)CCOC(=O)C=Cc1ccc(O)cc1. The number of aliphatic hydroxyl groups excluding tert-OH is 1. The van der Waals surface area contributed by atoms with Crippen molar-refractivity contribution in [1.29, 1.82) is 0 Å². The van der Waals surface area contributed by atoms with Crippen LogP contribution in [0.5, 0.6) is 5.75 Å². The number of phenols is 1. The van der Waals surface area contributed by atoms with Gasteiger partial charge in [-0.2, -0.15) is 0 Å². The molecule has 1 saturated carbocycles. The maximum absolute atomic E-state index is 12.0. The van der Waals surface area contributed by atoms with E-state index >= 15 is 0 Å². The molecule has 182 valence electrons. The predicted octanol–water partition coefficient (Wildman–Crippen LogP) is 6.52. The number of allylic oxidation sites excluding steroid dienone is 2. The zero-order chi connectivity index (χ0) is 24.2. The number of esters is 1. The van der Waals surface area contributed by atoms with Gasteiger partial charge >= 0.3 is 5.97 Å². The van der Waals surface area contributed by atoms with Crippen LogP contribution in [0.4, 0.5) is 0 Å². The van der Waals surface area contributed by atoms with Crippen LogP contribution < -0.4 is 0 Å². The molecule has 2 aliphatic rings. The topological polar surface area (TPSA) is 66.8 Å². The Hall–Kier alpha value is -2.07. The molecule has 3 rings (SSSR count). The standard InChI is InChI=1S/C29H42O4/c1-20(16-17-33-27(32)15-10-22-8-11-23(30)12-9-22)6-13-25-21(2)7-14-26-28(3,4)18-24(31)19-29(25,26)5/h7-12,15,20,24-26,30-31H,6,13-14,16-19H2,1-5H3/t20-,24-,25-,26-,29+/m0/s1. The molecule has 0 heterocycles. The van der Waals surface area contributed by atoms with Crippen LogP contribution in [0, 0.1) is 28.6 Å². The Morgan fingerprint density at radius 2 is 1.88 bits per heavy atom. The molecule has 0 saturated heterocycles. The van der Waals surface area contributed by atoms with Crippen molar-refractivity contribution < 1.29 is 19.7 Å². The monoisotopic (exact) mass is 454 g/mol. The Morgan fingerprint density at radius 3 is 2.58 bits per heavy atom. The summed E-state index contributed by atoms with van der Waals surface area (Å²) < 4.78 is 5.40. The predicted molar refractivity (Wildman–Crippen MR) is 134 cm³/mol. The zero-order valence-corrected chi connectivity index (χ0v) is 21.0. The van der Waals surface area contributed by atoms with Gasteiger partial charge in [-0.05, 0) is 97.8 Å². The minimum absolute atomic E-state index is 0.144. The van der Waals surface area contributed by atoms with Crippen molar-refractivity contribution in [1.82, 2.24) is 0 Å². The van der Waals surface area contributed by atoms with E-state index in [0.717, 1.165) is 44.1 Å². The number of carbonyl (C=O) groups is 1. The number of hydrogen-bond acceptors (Lipinski definition) is 4. The maximum Gasteiger partial charge on any atom is 0.330 e. The molecule has 5 atom stereocenters. The van der Waals surface area contributed by atoms with Crippen LogP contribution in [0.15, 0.2) is 42.0 Å². The summed E-state index contributed by atoms with van der Waals surface area (Å²) in [6.07, 6.45) is 11.4. The summed E-state index contributed by atoms with van der Waals surface area (Å²) >= 11 is 0. The van der Waals surface area contributed by atoms with E-state index in [2.05, 4.69) is 40.7 Å². The molecule has 0 aliphatic heterocycles. The van der Waals surface area contributed by atoms with Crippen LogP contribution in [0.1, 0.15) is 78.7 Å². The zero-order valence-electron chi connectivity index (χ0n) is 21.0. The lowest BCUT2D eigenvalue weighted by molar-refractivity contribution is -0.138. The van der Waals surface area contributed by atoms with Crippen molar-refractivity contribution in [2.45, 2.75) is 79.2 Å². The molecule has 0 amide bonds. The fraction of sp³-hybridized carbons (Fsp3) is 0.621. The van der Waals surface area contributed by atoms with Crippen LogP contribution in [0.3, 0.4) is 0 Å². The van der Waals surface area contributed by atoms with Gasteiger partial charge in [-0.15, -0.1) is 0 Å². The Labute approximate surface area is 199 Å². The average molecular weight is 455 g/mol. The van der Waals surface area contributed by atoms with Crippen LogP contribution >= 0.6 is 0 Å². The number of fused-ring (bicyclic) bond motifs is 1. The molecule has 1 aromatic rings. The van der Waals surface area contributed by atoms with E-state index in [1.807, 2.05) is 0 Å². The van der Waals surface area contributed by atoms with Gasteiger partial charge in [0, 0.05) is 6.08 Å². The molecular weight excluding hydrogens is 412 g/mol. The second-order valence-electron chi connectivity index (χ2n) is 11.4. The maximum atomic E-state index is 12.0. The third-order valence-corrected chi connectivity index (χ3v) is 8.31. The highest BCUT2D eigenvalue weighted by atomic mass is 16.5. The second-order valence-corrected chi connectivity index (χ2v) is 11.4. The smallest absolute Gasteiger partial charge is 0.330 e. The van der Waals surface area contributed by atoms with Gasteiger partial charge in [-0.1, -0.05) is 51.5 Å². The van der Waals surface area contributed by atoms with Gasteiger partial charge in [0.1, 0.15) is 5.75 Å². The first-order chi connectivity index (χ1) is 15.5. The Kier molecular flexibility index (Phi) is 8.10. The number of aliphatic hydroxyl groups is 1. The van der Waals surface area contributed by atoms with E-state index in [1.165, 1.54) is 11.6 Å². The number of carbonyl (C=O) groups excluding carboxylic acids is 1.